The van der Waals surface area contributed by atoms with Gasteiger partial charge in [-0.2, -0.15) is 13.2 Å². The quantitative estimate of drug-likeness (QED) is 0.574. The Labute approximate surface area is 193 Å². The van der Waals surface area contributed by atoms with Crippen molar-refractivity contribution in [3.63, 3.8) is 0 Å². The van der Waals surface area contributed by atoms with Crippen LogP contribution in [0.15, 0.2) is 43.1 Å². The van der Waals surface area contributed by atoms with Crippen LogP contribution >= 0.6 is 0 Å². The first kappa shape index (κ1) is 22.2. The Bertz CT molecular complexity index is 1190. The van der Waals surface area contributed by atoms with E-state index in [4.69, 9.17) is 4.74 Å². The second kappa shape index (κ2) is 8.62. The van der Waals surface area contributed by atoms with E-state index in [1.807, 2.05) is 13.0 Å². The van der Waals surface area contributed by atoms with Crippen molar-refractivity contribution in [2.24, 2.45) is 5.92 Å². The van der Waals surface area contributed by atoms with Crippen molar-refractivity contribution in [3.8, 4) is 17.3 Å². The van der Waals surface area contributed by atoms with E-state index < -0.39 is 18.0 Å². The van der Waals surface area contributed by atoms with Crippen LogP contribution in [-0.4, -0.2) is 54.4 Å². The predicted octanol–water partition coefficient (Wildman–Crippen LogP) is 3.73. The number of aromatic nitrogens is 5. The van der Waals surface area contributed by atoms with Gasteiger partial charge in [-0.1, -0.05) is 0 Å². The lowest BCUT2D eigenvalue weighted by molar-refractivity contribution is -0.141. The number of piperidine rings is 2. The molecule has 6 rings (SSSR count). The summed E-state index contributed by atoms with van der Waals surface area (Å²) in [7, 11) is 0. The SMILES string of the molecule is Cc1cnc(C(=O)N2C[C@H]3CC[C@H]2[C@H](Oc2cnc(C(F)(F)F)cn2)C3)c(-c2ncccn2)c1. The van der Waals surface area contributed by atoms with Gasteiger partial charge in [0.2, 0.25) is 5.88 Å². The molecule has 3 aliphatic rings. The lowest BCUT2D eigenvalue weighted by Gasteiger charge is -2.49. The van der Waals surface area contributed by atoms with Crippen LogP contribution in [0.5, 0.6) is 5.88 Å². The summed E-state index contributed by atoms with van der Waals surface area (Å²) in [6, 6.07) is 3.28. The van der Waals surface area contributed by atoms with E-state index in [0.717, 1.165) is 24.6 Å². The van der Waals surface area contributed by atoms with Gasteiger partial charge in [-0.05, 0) is 49.8 Å². The topological polar surface area (TPSA) is 94.0 Å². The van der Waals surface area contributed by atoms with Crippen LogP contribution < -0.4 is 4.74 Å². The molecule has 3 aromatic rings. The molecular formula is C23H21F3N6O2. The number of aryl methyl sites for hydroxylation is 1. The second-order valence-corrected chi connectivity index (χ2v) is 8.58. The van der Waals surface area contributed by atoms with Crippen molar-refractivity contribution >= 4 is 5.91 Å². The van der Waals surface area contributed by atoms with Crippen molar-refractivity contribution < 1.29 is 22.7 Å². The number of nitrogens with zero attached hydrogens (tertiary/aromatic N) is 6. The highest BCUT2D eigenvalue weighted by Crippen LogP contribution is 2.38. The van der Waals surface area contributed by atoms with Gasteiger partial charge in [0.05, 0.1) is 24.0 Å². The molecular weight excluding hydrogens is 449 g/mol. The number of carbonyl (C=O) groups is 1. The smallest absolute Gasteiger partial charge is 0.434 e. The van der Waals surface area contributed by atoms with Crippen LogP contribution in [0.3, 0.4) is 0 Å². The zero-order valence-electron chi connectivity index (χ0n) is 18.2. The monoisotopic (exact) mass is 470 g/mol. The summed E-state index contributed by atoms with van der Waals surface area (Å²) in [4.78, 5) is 35.6. The molecule has 176 valence electrons. The van der Waals surface area contributed by atoms with Gasteiger partial charge >= 0.3 is 6.18 Å². The van der Waals surface area contributed by atoms with Crippen LogP contribution in [0.25, 0.3) is 11.4 Å². The fraction of sp³-hybridized carbons (Fsp3) is 0.391. The van der Waals surface area contributed by atoms with Gasteiger partial charge < -0.3 is 9.64 Å². The van der Waals surface area contributed by atoms with Gasteiger partial charge in [-0.25, -0.2) is 19.9 Å². The Kier molecular flexibility index (Phi) is 5.62. The molecule has 0 radical (unpaired) electrons. The molecule has 2 bridgehead atoms. The summed E-state index contributed by atoms with van der Waals surface area (Å²) in [5, 5.41) is 0. The van der Waals surface area contributed by atoms with Crippen LogP contribution in [0.4, 0.5) is 13.2 Å². The van der Waals surface area contributed by atoms with E-state index >= 15 is 0 Å². The largest absolute Gasteiger partial charge is 0.471 e. The third kappa shape index (κ3) is 4.29. The molecule has 2 aliphatic heterocycles. The standard InChI is InChI=1S/C23H21F3N6O2/c1-13-7-15(21-27-5-2-6-28-21)20(31-9-13)22(33)32-12-14-3-4-16(32)17(8-14)34-19-11-29-18(10-30-19)23(24,25)26/h2,5-7,9-11,14,16-17H,3-4,8,12H2,1H3/t14-,16-,17+/m0/s1. The molecule has 5 heterocycles. The van der Waals surface area contributed by atoms with Crippen molar-refractivity contribution in [3.05, 3.63) is 60.1 Å². The van der Waals surface area contributed by atoms with E-state index in [9.17, 15) is 18.0 Å². The molecule has 0 aromatic carbocycles. The average Bonchev–Trinajstić information content (AvgIpc) is 2.84. The predicted molar refractivity (Wildman–Crippen MR) is 114 cm³/mol. The van der Waals surface area contributed by atoms with Gasteiger partial charge in [0.25, 0.3) is 5.91 Å². The second-order valence-electron chi connectivity index (χ2n) is 8.58. The highest BCUT2D eigenvalue weighted by molar-refractivity contribution is 5.98. The number of carbonyl (C=O) groups excluding carboxylic acids is 1. The number of fused-ring (bicyclic) bond motifs is 3. The van der Waals surface area contributed by atoms with Gasteiger partial charge in [0, 0.05) is 25.1 Å². The zero-order chi connectivity index (χ0) is 23.9. The van der Waals surface area contributed by atoms with Crippen LogP contribution in [-0.2, 0) is 6.18 Å². The molecule has 1 saturated carbocycles. The van der Waals surface area contributed by atoms with E-state index in [2.05, 4.69) is 24.9 Å². The van der Waals surface area contributed by atoms with E-state index in [0.29, 0.717) is 30.6 Å². The van der Waals surface area contributed by atoms with Gasteiger partial charge in [0.1, 0.15) is 11.8 Å². The molecule has 1 amide bonds. The van der Waals surface area contributed by atoms with E-state index in [1.165, 1.54) is 0 Å². The number of halogens is 3. The number of pyridine rings is 1. The minimum Gasteiger partial charge on any atom is -0.471 e. The van der Waals surface area contributed by atoms with E-state index in [-0.39, 0.29) is 29.4 Å². The highest BCUT2D eigenvalue weighted by atomic mass is 19.4. The molecule has 3 atom stereocenters. The molecule has 8 nitrogen and oxygen atoms in total. The molecule has 11 heteroatoms. The molecule has 3 aromatic heterocycles. The van der Waals surface area contributed by atoms with Gasteiger partial charge in [-0.15, -0.1) is 0 Å². The summed E-state index contributed by atoms with van der Waals surface area (Å²) in [5.41, 5.74) is 0.611. The molecule has 0 N–H and O–H groups in total. The number of alkyl halides is 3. The molecule has 0 spiro atoms. The first-order chi connectivity index (χ1) is 16.3. The third-order valence-electron chi connectivity index (χ3n) is 6.21. The third-order valence-corrected chi connectivity index (χ3v) is 6.21. The van der Waals surface area contributed by atoms with Crippen molar-refractivity contribution in [2.45, 2.75) is 44.5 Å². The number of hydrogen-bond donors (Lipinski definition) is 0. The van der Waals surface area contributed by atoms with Gasteiger partial charge in [-0.3, -0.25) is 9.78 Å². The number of amides is 1. The van der Waals surface area contributed by atoms with E-state index in [1.54, 1.807) is 29.6 Å². The summed E-state index contributed by atoms with van der Waals surface area (Å²) in [5.74, 6) is 0.383. The molecule has 3 fully saturated rings. The van der Waals surface area contributed by atoms with Crippen molar-refractivity contribution in [1.82, 2.24) is 29.8 Å². The Morgan fingerprint density at radius 3 is 2.53 bits per heavy atom. The molecule has 0 unspecified atom stereocenters. The fourth-order valence-corrected chi connectivity index (χ4v) is 4.65. The summed E-state index contributed by atoms with van der Waals surface area (Å²) in [6.07, 6.45) is 3.87. The average molecular weight is 470 g/mol. The Balaban J connectivity index is 1.40. The normalized spacial score (nSPS) is 22.0. The number of ether oxygens (including phenoxy) is 1. The summed E-state index contributed by atoms with van der Waals surface area (Å²) < 4.78 is 44.3. The van der Waals surface area contributed by atoms with Gasteiger partial charge in [0.15, 0.2) is 11.5 Å². The molecule has 34 heavy (non-hydrogen) atoms. The summed E-state index contributed by atoms with van der Waals surface area (Å²) in [6.45, 7) is 2.44. The zero-order valence-corrected chi connectivity index (χ0v) is 18.2. The van der Waals surface area contributed by atoms with Crippen molar-refractivity contribution in [2.75, 3.05) is 6.54 Å². The van der Waals surface area contributed by atoms with Crippen LogP contribution in [0, 0.1) is 12.8 Å². The van der Waals surface area contributed by atoms with Crippen molar-refractivity contribution in [1.29, 1.82) is 0 Å². The Morgan fingerprint density at radius 2 is 1.85 bits per heavy atom. The van der Waals surface area contributed by atoms with Crippen LogP contribution in [0.1, 0.15) is 41.0 Å². The lowest BCUT2D eigenvalue weighted by atomic mass is 9.77. The minimum atomic E-state index is -4.57. The molecule has 1 aliphatic carbocycles. The number of rotatable bonds is 4. The minimum absolute atomic E-state index is 0.00443. The first-order valence-electron chi connectivity index (χ1n) is 10.9. The Hall–Kier alpha value is -3.63. The Morgan fingerprint density at radius 1 is 1.06 bits per heavy atom. The first-order valence-corrected chi connectivity index (χ1v) is 10.9. The molecule has 2 saturated heterocycles. The lowest BCUT2D eigenvalue weighted by Crippen LogP contribution is -2.59. The fourth-order valence-electron chi connectivity index (χ4n) is 4.65. The summed E-state index contributed by atoms with van der Waals surface area (Å²) >= 11 is 0. The maximum Gasteiger partial charge on any atom is 0.434 e. The number of hydrogen-bond acceptors (Lipinski definition) is 7. The maximum absolute atomic E-state index is 13.6. The van der Waals surface area contributed by atoms with Crippen LogP contribution in [0.2, 0.25) is 0 Å². The highest BCUT2D eigenvalue weighted by Gasteiger charge is 2.45. The maximum atomic E-state index is 13.6.